The topological polar surface area (TPSA) is 18.5 Å². The number of nitrogens with zero attached hydrogens (tertiary/aromatic N) is 2. The minimum atomic E-state index is 0.329. The fraction of sp³-hybridized carbons (Fsp3) is 1.00. The van der Waals surface area contributed by atoms with Crippen molar-refractivity contribution in [2.45, 2.75) is 52.5 Å². The lowest BCUT2D eigenvalue weighted by Gasteiger charge is -2.49. The highest BCUT2D eigenvalue weighted by molar-refractivity contribution is 4.93. The molecule has 3 heteroatoms. The van der Waals surface area contributed by atoms with Crippen LogP contribution in [0.2, 0.25) is 0 Å². The average molecular weight is 281 g/mol. The Morgan fingerprint density at radius 1 is 0.950 bits per heavy atom. The van der Waals surface area contributed by atoms with Crippen LogP contribution in [-0.4, -0.2) is 61.7 Å². The van der Waals surface area contributed by atoms with Crippen LogP contribution >= 0.6 is 0 Å². The summed E-state index contributed by atoms with van der Waals surface area (Å²) in [6, 6.07) is 0. The molecule has 0 spiro atoms. The Hall–Kier alpha value is -0.120. The number of piperazine rings is 1. The molecule has 2 saturated heterocycles. The molecule has 0 bridgehead atoms. The van der Waals surface area contributed by atoms with E-state index in [1.54, 1.807) is 0 Å². The molecular formula is C17H35N3. The minimum Gasteiger partial charge on any atom is -0.317 e. The van der Waals surface area contributed by atoms with Crippen LogP contribution in [0.1, 0.15) is 47.0 Å². The van der Waals surface area contributed by atoms with Crippen LogP contribution in [0, 0.1) is 11.3 Å². The molecule has 3 nitrogen and oxygen atoms in total. The molecule has 2 heterocycles. The van der Waals surface area contributed by atoms with E-state index < -0.39 is 0 Å². The Labute approximate surface area is 126 Å². The number of hydrogen-bond acceptors (Lipinski definition) is 3. The van der Waals surface area contributed by atoms with Gasteiger partial charge in [0.15, 0.2) is 0 Å². The van der Waals surface area contributed by atoms with E-state index in [0.717, 1.165) is 5.92 Å². The van der Waals surface area contributed by atoms with E-state index in [-0.39, 0.29) is 0 Å². The van der Waals surface area contributed by atoms with Crippen LogP contribution in [0.3, 0.4) is 0 Å². The normalized spacial score (nSPS) is 25.1. The van der Waals surface area contributed by atoms with E-state index in [0.29, 0.717) is 11.0 Å². The molecule has 2 rings (SSSR count). The monoisotopic (exact) mass is 281 g/mol. The number of piperidine rings is 1. The van der Waals surface area contributed by atoms with Gasteiger partial charge in [0.25, 0.3) is 0 Å². The Bertz CT molecular complexity index is 297. The van der Waals surface area contributed by atoms with Gasteiger partial charge < -0.3 is 10.2 Å². The number of rotatable bonds is 4. The summed E-state index contributed by atoms with van der Waals surface area (Å²) in [5.41, 5.74) is 0.782. The first kappa shape index (κ1) is 16.3. The third-order valence-corrected chi connectivity index (χ3v) is 5.69. The van der Waals surface area contributed by atoms with Crippen molar-refractivity contribution in [3.8, 4) is 0 Å². The van der Waals surface area contributed by atoms with Crippen molar-refractivity contribution >= 4 is 0 Å². The van der Waals surface area contributed by atoms with Crippen LogP contribution in [0.4, 0.5) is 0 Å². The third kappa shape index (κ3) is 3.96. The van der Waals surface area contributed by atoms with Gasteiger partial charge in [0.2, 0.25) is 0 Å². The SMILES string of the molecule is CN1CCN(C(C)(C)CC(C)(C)C2CCNCC2)CC1. The molecule has 0 atom stereocenters. The maximum Gasteiger partial charge on any atom is 0.0159 e. The van der Waals surface area contributed by atoms with Crippen LogP contribution in [0.15, 0.2) is 0 Å². The van der Waals surface area contributed by atoms with Crippen molar-refractivity contribution in [3.63, 3.8) is 0 Å². The molecule has 0 amide bonds. The summed E-state index contributed by atoms with van der Waals surface area (Å²) < 4.78 is 0. The zero-order valence-electron chi connectivity index (χ0n) is 14.3. The second-order valence-electron chi connectivity index (χ2n) is 8.29. The molecule has 0 aromatic heterocycles. The Kier molecular flexibility index (Phi) is 5.14. The summed E-state index contributed by atoms with van der Waals surface area (Å²) in [5.74, 6) is 0.885. The first-order valence-corrected chi connectivity index (χ1v) is 8.46. The molecule has 0 aromatic rings. The molecule has 2 aliphatic rings. The molecule has 2 fully saturated rings. The van der Waals surface area contributed by atoms with E-state index in [1.165, 1.54) is 58.5 Å². The summed E-state index contributed by atoms with van der Waals surface area (Å²) in [4.78, 5) is 5.17. The van der Waals surface area contributed by atoms with Gasteiger partial charge >= 0.3 is 0 Å². The quantitative estimate of drug-likeness (QED) is 0.854. The smallest absolute Gasteiger partial charge is 0.0159 e. The lowest BCUT2D eigenvalue weighted by Crippen LogP contribution is -2.55. The van der Waals surface area contributed by atoms with Gasteiger partial charge in [0.05, 0.1) is 0 Å². The fourth-order valence-electron chi connectivity index (χ4n) is 4.39. The van der Waals surface area contributed by atoms with Crippen molar-refractivity contribution in [2.75, 3.05) is 46.3 Å². The third-order valence-electron chi connectivity index (χ3n) is 5.69. The Balaban J connectivity index is 1.95. The lowest BCUT2D eigenvalue weighted by atomic mass is 9.67. The molecule has 0 unspecified atom stereocenters. The lowest BCUT2D eigenvalue weighted by molar-refractivity contribution is 0.0120. The van der Waals surface area contributed by atoms with Gasteiger partial charge in [-0.2, -0.15) is 0 Å². The van der Waals surface area contributed by atoms with E-state index in [9.17, 15) is 0 Å². The maximum absolute atomic E-state index is 3.50. The van der Waals surface area contributed by atoms with Gasteiger partial charge in [-0.25, -0.2) is 0 Å². The number of hydrogen-bond donors (Lipinski definition) is 1. The van der Waals surface area contributed by atoms with Gasteiger partial charge in [0, 0.05) is 31.7 Å². The summed E-state index contributed by atoms with van der Waals surface area (Å²) in [5, 5.41) is 3.50. The largest absolute Gasteiger partial charge is 0.317 e. The van der Waals surface area contributed by atoms with Crippen molar-refractivity contribution < 1.29 is 0 Å². The molecule has 118 valence electrons. The van der Waals surface area contributed by atoms with E-state index in [4.69, 9.17) is 0 Å². The van der Waals surface area contributed by atoms with Gasteiger partial charge in [0.1, 0.15) is 0 Å². The average Bonchev–Trinajstić information content (AvgIpc) is 2.39. The van der Waals surface area contributed by atoms with E-state index >= 15 is 0 Å². The summed E-state index contributed by atoms with van der Waals surface area (Å²) in [6.07, 6.45) is 4.02. The van der Waals surface area contributed by atoms with Gasteiger partial charge in [-0.05, 0) is 64.6 Å². The molecule has 1 N–H and O–H groups in total. The highest BCUT2D eigenvalue weighted by atomic mass is 15.3. The second-order valence-corrected chi connectivity index (χ2v) is 8.29. The molecular weight excluding hydrogens is 246 g/mol. The molecule has 0 radical (unpaired) electrons. The highest BCUT2D eigenvalue weighted by Gasteiger charge is 2.39. The zero-order chi connectivity index (χ0) is 14.8. The van der Waals surface area contributed by atoms with Crippen molar-refractivity contribution in [2.24, 2.45) is 11.3 Å². The minimum absolute atomic E-state index is 0.329. The second kappa shape index (κ2) is 6.33. The van der Waals surface area contributed by atoms with Gasteiger partial charge in [-0.1, -0.05) is 13.8 Å². The predicted molar refractivity (Wildman–Crippen MR) is 87.1 cm³/mol. The summed E-state index contributed by atoms with van der Waals surface area (Å²) in [7, 11) is 2.24. The predicted octanol–water partition coefficient (Wildman–Crippen LogP) is 2.43. The number of likely N-dealkylation sites (N-methyl/N-ethyl adjacent to an activating group) is 1. The summed E-state index contributed by atoms with van der Waals surface area (Å²) in [6.45, 7) is 17.2. The van der Waals surface area contributed by atoms with Crippen molar-refractivity contribution in [3.05, 3.63) is 0 Å². The fourth-order valence-corrected chi connectivity index (χ4v) is 4.39. The Morgan fingerprint density at radius 3 is 2.05 bits per heavy atom. The van der Waals surface area contributed by atoms with Crippen LogP contribution in [-0.2, 0) is 0 Å². The first-order valence-electron chi connectivity index (χ1n) is 8.46. The molecule has 20 heavy (non-hydrogen) atoms. The van der Waals surface area contributed by atoms with Crippen LogP contribution in [0.25, 0.3) is 0 Å². The van der Waals surface area contributed by atoms with E-state index in [1.807, 2.05) is 0 Å². The molecule has 2 aliphatic heterocycles. The van der Waals surface area contributed by atoms with E-state index in [2.05, 4.69) is 49.9 Å². The van der Waals surface area contributed by atoms with Gasteiger partial charge in [-0.15, -0.1) is 0 Å². The molecule has 0 saturated carbocycles. The van der Waals surface area contributed by atoms with Crippen molar-refractivity contribution in [1.82, 2.24) is 15.1 Å². The number of nitrogens with one attached hydrogen (secondary N) is 1. The standard InChI is InChI=1S/C17H35N3/c1-16(2,15-6-8-18-9-7-15)14-17(3,4)20-12-10-19(5)11-13-20/h15,18H,6-14H2,1-5H3. The zero-order valence-corrected chi connectivity index (χ0v) is 14.3. The maximum atomic E-state index is 3.50. The van der Waals surface area contributed by atoms with Crippen molar-refractivity contribution in [1.29, 1.82) is 0 Å². The summed E-state index contributed by atoms with van der Waals surface area (Å²) >= 11 is 0. The first-order chi connectivity index (χ1) is 9.31. The van der Waals surface area contributed by atoms with Gasteiger partial charge in [-0.3, -0.25) is 4.90 Å². The van der Waals surface area contributed by atoms with Crippen LogP contribution in [0.5, 0.6) is 0 Å². The Morgan fingerprint density at radius 2 is 1.50 bits per heavy atom. The highest BCUT2D eigenvalue weighted by Crippen LogP contribution is 2.41. The molecule has 0 aliphatic carbocycles. The molecule has 0 aromatic carbocycles. The van der Waals surface area contributed by atoms with Crippen LogP contribution < -0.4 is 5.32 Å².